The highest BCUT2D eigenvalue weighted by molar-refractivity contribution is 4.97. The lowest BCUT2D eigenvalue weighted by atomic mass is 9.79. The molecule has 0 spiro atoms. The number of hydrogen-bond donors (Lipinski definition) is 1. The summed E-state index contributed by atoms with van der Waals surface area (Å²) in [6.07, 6.45) is 8.53. The Morgan fingerprint density at radius 3 is 2.65 bits per heavy atom. The van der Waals surface area contributed by atoms with Gasteiger partial charge < -0.3 is 5.32 Å². The summed E-state index contributed by atoms with van der Waals surface area (Å²) in [7, 11) is 0. The summed E-state index contributed by atoms with van der Waals surface area (Å²) in [5.41, 5.74) is 0. The lowest BCUT2D eigenvalue weighted by molar-refractivity contribution is 0.199. The maximum absolute atomic E-state index is 4.02. The van der Waals surface area contributed by atoms with Crippen LogP contribution in [0.25, 0.3) is 0 Å². The Morgan fingerprint density at radius 1 is 0.941 bits per heavy atom. The van der Waals surface area contributed by atoms with Gasteiger partial charge in [-0.1, -0.05) is 13.8 Å². The molecule has 1 saturated carbocycles. The SMILES string of the molecule is CC1CCC(NC2CCN3CCCC23)C(C)C1. The van der Waals surface area contributed by atoms with Crippen molar-refractivity contribution in [3.05, 3.63) is 0 Å². The van der Waals surface area contributed by atoms with E-state index in [4.69, 9.17) is 0 Å². The monoisotopic (exact) mass is 236 g/mol. The lowest BCUT2D eigenvalue weighted by Crippen LogP contribution is -2.48. The molecule has 17 heavy (non-hydrogen) atoms. The van der Waals surface area contributed by atoms with Crippen molar-refractivity contribution >= 4 is 0 Å². The summed E-state index contributed by atoms with van der Waals surface area (Å²) in [6.45, 7) is 7.58. The normalized spacial score (nSPS) is 47.3. The highest BCUT2D eigenvalue weighted by Gasteiger charge is 2.39. The Morgan fingerprint density at radius 2 is 1.82 bits per heavy atom. The van der Waals surface area contributed by atoms with Crippen LogP contribution < -0.4 is 5.32 Å². The van der Waals surface area contributed by atoms with Crippen LogP contribution in [-0.4, -0.2) is 36.1 Å². The molecule has 2 aliphatic heterocycles. The number of nitrogens with zero attached hydrogens (tertiary/aromatic N) is 1. The molecule has 0 bridgehead atoms. The van der Waals surface area contributed by atoms with Gasteiger partial charge in [0.25, 0.3) is 0 Å². The first-order valence-electron chi connectivity index (χ1n) is 7.74. The van der Waals surface area contributed by atoms with Crippen molar-refractivity contribution in [1.29, 1.82) is 0 Å². The third-order valence-electron chi connectivity index (χ3n) is 5.47. The van der Waals surface area contributed by atoms with Crippen LogP contribution in [0.4, 0.5) is 0 Å². The molecule has 3 fully saturated rings. The van der Waals surface area contributed by atoms with Gasteiger partial charge in [0.1, 0.15) is 0 Å². The van der Waals surface area contributed by atoms with E-state index in [-0.39, 0.29) is 0 Å². The molecular formula is C15H28N2. The minimum Gasteiger partial charge on any atom is -0.309 e. The average Bonchev–Trinajstić information content (AvgIpc) is 2.86. The van der Waals surface area contributed by atoms with Crippen molar-refractivity contribution in [1.82, 2.24) is 10.2 Å². The molecule has 0 aromatic rings. The molecule has 3 aliphatic rings. The van der Waals surface area contributed by atoms with Crippen LogP contribution in [0.2, 0.25) is 0 Å². The van der Waals surface area contributed by atoms with Crippen LogP contribution >= 0.6 is 0 Å². The smallest absolute Gasteiger partial charge is 0.0250 e. The molecule has 98 valence electrons. The summed E-state index contributed by atoms with van der Waals surface area (Å²) in [4.78, 5) is 2.72. The van der Waals surface area contributed by atoms with E-state index in [0.29, 0.717) is 0 Å². The van der Waals surface area contributed by atoms with Gasteiger partial charge in [-0.3, -0.25) is 4.90 Å². The second kappa shape index (κ2) is 4.89. The largest absolute Gasteiger partial charge is 0.309 e. The first-order chi connectivity index (χ1) is 8.24. The Balaban J connectivity index is 1.56. The molecule has 5 unspecified atom stereocenters. The fraction of sp³-hybridized carbons (Fsp3) is 1.00. The van der Waals surface area contributed by atoms with E-state index in [1.807, 2.05) is 0 Å². The maximum Gasteiger partial charge on any atom is 0.0250 e. The van der Waals surface area contributed by atoms with Crippen LogP contribution in [0.5, 0.6) is 0 Å². The van der Waals surface area contributed by atoms with E-state index < -0.39 is 0 Å². The zero-order valence-corrected chi connectivity index (χ0v) is 11.5. The van der Waals surface area contributed by atoms with Gasteiger partial charge >= 0.3 is 0 Å². The average molecular weight is 236 g/mol. The van der Waals surface area contributed by atoms with E-state index in [0.717, 1.165) is 30.0 Å². The summed E-state index contributed by atoms with van der Waals surface area (Å²) >= 11 is 0. The fourth-order valence-corrected chi connectivity index (χ4v) is 4.46. The van der Waals surface area contributed by atoms with Crippen molar-refractivity contribution in [3.63, 3.8) is 0 Å². The first-order valence-corrected chi connectivity index (χ1v) is 7.74. The van der Waals surface area contributed by atoms with Crippen LogP contribution in [0.1, 0.15) is 52.4 Å². The van der Waals surface area contributed by atoms with Crippen molar-refractivity contribution < 1.29 is 0 Å². The predicted octanol–water partition coefficient (Wildman–Crippen LogP) is 2.64. The Bertz CT molecular complexity index is 266. The molecule has 0 amide bonds. The second-order valence-electron chi connectivity index (χ2n) is 6.81. The number of rotatable bonds is 2. The van der Waals surface area contributed by atoms with E-state index in [1.54, 1.807) is 0 Å². The topological polar surface area (TPSA) is 15.3 Å². The van der Waals surface area contributed by atoms with Crippen LogP contribution in [-0.2, 0) is 0 Å². The van der Waals surface area contributed by atoms with Gasteiger partial charge in [0, 0.05) is 24.7 Å². The van der Waals surface area contributed by atoms with E-state index in [9.17, 15) is 0 Å². The molecule has 0 radical (unpaired) electrons. The van der Waals surface area contributed by atoms with Crippen molar-refractivity contribution in [2.75, 3.05) is 13.1 Å². The Kier molecular flexibility index (Phi) is 3.45. The second-order valence-corrected chi connectivity index (χ2v) is 6.81. The van der Waals surface area contributed by atoms with Gasteiger partial charge in [0.15, 0.2) is 0 Å². The third-order valence-corrected chi connectivity index (χ3v) is 5.47. The number of fused-ring (bicyclic) bond motifs is 1. The van der Waals surface area contributed by atoms with Crippen LogP contribution in [0.15, 0.2) is 0 Å². The molecule has 2 saturated heterocycles. The van der Waals surface area contributed by atoms with Gasteiger partial charge in [-0.05, 0) is 56.9 Å². The molecular weight excluding hydrogens is 208 g/mol. The van der Waals surface area contributed by atoms with Crippen molar-refractivity contribution in [3.8, 4) is 0 Å². The summed E-state index contributed by atoms with van der Waals surface area (Å²) in [5, 5.41) is 4.02. The summed E-state index contributed by atoms with van der Waals surface area (Å²) < 4.78 is 0. The van der Waals surface area contributed by atoms with E-state index >= 15 is 0 Å². The molecule has 0 aromatic carbocycles. The highest BCUT2D eigenvalue weighted by atomic mass is 15.2. The zero-order chi connectivity index (χ0) is 11.8. The van der Waals surface area contributed by atoms with E-state index in [2.05, 4.69) is 24.1 Å². The van der Waals surface area contributed by atoms with Crippen LogP contribution in [0.3, 0.4) is 0 Å². The van der Waals surface area contributed by atoms with Crippen molar-refractivity contribution in [2.45, 2.75) is 70.5 Å². The quantitative estimate of drug-likeness (QED) is 0.793. The summed E-state index contributed by atoms with van der Waals surface area (Å²) in [6, 6.07) is 2.48. The van der Waals surface area contributed by atoms with Gasteiger partial charge in [-0.2, -0.15) is 0 Å². The number of hydrogen-bond acceptors (Lipinski definition) is 2. The molecule has 1 aliphatic carbocycles. The molecule has 3 rings (SSSR count). The summed E-state index contributed by atoms with van der Waals surface area (Å²) in [5.74, 6) is 1.84. The Hall–Kier alpha value is -0.0800. The van der Waals surface area contributed by atoms with Gasteiger partial charge in [0.05, 0.1) is 0 Å². The lowest BCUT2D eigenvalue weighted by Gasteiger charge is -2.36. The minimum atomic E-state index is 0.803. The Labute approximate surface area is 106 Å². The molecule has 2 heterocycles. The van der Waals surface area contributed by atoms with Gasteiger partial charge in [0.2, 0.25) is 0 Å². The van der Waals surface area contributed by atoms with Gasteiger partial charge in [-0.25, -0.2) is 0 Å². The van der Waals surface area contributed by atoms with E-state index in [1.165, 1.54) is 51.6 Å². The fourth-order valence-electron chi connectivity index (χ4n) is 4.46. The molecule has 5 atom stereocenters. The first kappa shape index (κ1) is 12.0. The maximum atomic E-state index is 4.02. The third kappa shape index (κ3) is 2.39. The zero-order valence-electron chi connectivity index (χ0n) is 11.5. The standard InChI is InChI=1S/C15H28N2/c1-11-5-6-13(12(2)10-11)16-14-7-9-17-8-3-4-15(14)17/h11-16H,3-10H2,1-2H3. The molecule has 0 aromatic heterocycles. The molecule has 2 nitrogen and oxygen atoms in total. The number of nitrogens with one attached hydrogen (secondary N) is 1. The highest BCUT2D eigenvalue weighted by Crippen LogP contribution is 2.32. The minimum absolute atomic E-state index is 0.803. The molecule has 2 heteroatoms. The predicted molar refractivity (Wildman–Crippen MR) is 72.1 cm³/mol. The van der Waals surface area contributed by atoms with Crippen LogP contribution in [0, 0.1) is 11.8 Å². The van der Waals surface area contributed by atoms with Crippen molar-refractivity contribution in [2.24, 2.45) is 11.8 Å². The van der Waals surface area contributed by atoms with Gasteiger partial charge in [-0.15, -0.1) is 0 Å². The molecule has 1 N–H and O–H groups in total.